The number of hydrogen-bond donors (Lipinski definition) is 0. The van der Waals surface area contributed by atoms with Crippen LogP contribution in [-0.4, -0.2) is 52.0 Å². The number of amides is 1. The number of hydrogen-bond acceptors (Lipinski definition) is 4. The van der Waals surface area contributed by atoms with Crippen LogP contribution >= 0.6 is 0 Å². The average Bonchev–Trinajstić information content (AvgIpc) is 3.35. The number of likely N-dealkylation sites (tertiary alicyclic amines) is 2. The van der Waals surface area contributed by atoms with Gasteiger partial charge < -0.3 is 14.2 Å². The normalized spacial score (nSPS) is 22.6. The molecule has 2 fully saturated rings. The van der Waals surface area contributed by atoms with E-state index in [9.17, 15) is 9.18 Å². The van der Waals surface area contributed by atoms with Gasteiger partial charge in [0.15, 0.2) is 0 Å². The first-order valence-electron chi connectivity index (χ1n) is 10.4. The molecule has 0 radical (unpaired) electrons. The van der Waals surface area contributed by atoms with Crippen LogP contribution in [0.5, 0.6) is 5.75 Å². The van der Waals surface area contributed by atoms with Crippen LogP contribution in [0.15, 0.2) is 30.6 Å². The highest BCUT2D eigenvalue weighted by molar-refractivity contribution is 5.84. The summed E-state index contributed by atoms with van der Waals surface area (Å²) in [6.45, 7) is 6.38. The molecule has 4 rings (SSSR count). The number of carbonyl (C=O) groups excluding carboxylic acids is 1. The molecule has 1 amide bonds. The lowest BCUT2D eigenvalue weighted by Crippen LogP contribution is -2.49. The van der Waals surface area contributed by atoms with Gasteiger partial charge in [-0.15, -0.1) is 0 Å². The number of ether oxygens (including phenoxy) is 1. The van der Waals surface area contributed by atoms with Crippen molar-refractivity contribution in [1.29, 1.82) is 0 Å². The molecule has 1 spiro atoms. The van der Waals surface area contributed by atoms with E-state index in [1.54, 1.807) is 19.2 Å². The van der Waals surface area contributed by atoms with E-state index in [0.29, 0.717) is 24.4 Å². The Balaban J connectivity index is 1.46. The number of methoxy groups -OCH3 is 1. The molecule has 2 saturated heterocycles. The summed E-state index contributed by atoms with van der Waals surface area (Å²) in [6.07, 6.45) is 6.55. The molecule has 1 atom stereocenters. The lowest BCUT2D eigenvalue weighted by molar-refractivity contribution is -0.146. The van der Waals surface area contributed by atoms with E-state index in [0.717, 1.165) is 51.3 Å². The number of imidazole rings is 1. The molecule has 2 aliphatic heterocycles. The van der Waals surface area contributed by atoms with E-state index < -0.39 is 0 Å². The van der Waals surface area contributed by atoms with Gasteiger partial charge in [0, 0.05) is 44.1 Å². The van der Waals surface area contributed by atoms with E-state index >= 15 is 0 Å². The summed E-state index contributed by atoms with van der Waals surface area (Å²) < 4.78 is 21.7. The zero-order valence-electron chi connectivity index (χ0n) is 17.2. The van der Waals surface area contributed by atoms with Crippen molar-refractivity contribution in [3.63, 3.8) is 0 Å². The molecule has 2 aromatic rings. The molecule has 29 heavy (non-hydrogen) atoms. The highest BCUT2D eigenvalue weighted by atomic mass is 19.1. The van der Waals surface area contributed by atoms with Crippen LogP contribution in [0.25, 0.3) is 0 Å². The summed E-state index contributed by atoms with van der Waals surface area (Å²) in [7, 11) is 1.56. The summed E-state index contributed by atoms with van der Waals surface area (Å²) in [5, 5.41) is 0. The Morgan fingerprint density at radius 1 is 1.24 bits per heavy atom. The van der Waals surface area contributed by atoms with Gasteiger partial charge in [0.25, 0.3) is 0 Å². The third-order valence-electron chi connectivity index (χ3n) is 6.38. The third kappa shape index (κ3) is 3.88. The smallest absolute Gasteiger partial charge is 0.230 e. The van der Waals surface area contributed by atoms with Gasteiger partial charge in [-0.3, -0.25) is 9.69 Å². The highest BCUT2D eigenvalue weighted by Crippen LogP contribution is 2.41. The summed E-state index contributed by atoms with van der Waals surface area (Å²) in [5.74, 6) is 1.52. The van der Waals surface area contributed by atoms with Crippen LogP contribution < -0.4 is 4.74 Å². The lowest BCUT2D eigenvalue weighted by atomic mass is 9.78. The minimum Gasteiger partial charge on any atom is -0.497 e. The molecule has 2 aliphatic rings. The molecule has 7 heteroatoms. The SMILES string of the molecule is CCn1ccnc1CN1CCC2(CCCN(Cc3cc(OC)ccc3F)C2=O)C1. The second kappa shape index (κ2) is 8.14. The van der Waals surface area contributed by atoms with Crippen LogP contribution in [0.3, 0.4) is 0 Å². The van der Waals surface area contributed by atoms with E-state index in [-0.39, 0.29) is 17.1 Å². The molecule has 6 nitrogen and oxygen atoms in total. The largest absolute Gasteiger partial charge is 0.497 e. The van der Waals surface area contributed by atoms with Gasteiger partial charge in [-0.1, -0.05) is 0 Å². The fourth-order valence-electron chi connectivity index (χ4n) is 4.76. The monoisotopic (exact) mass is 400 g/mol. The molecule has 1 unspecified atom stereocenters. The molecule has 0 saturated carbocycles. The summed E-state index contributed by atoms with van der Waals surface area (Å²) in [6, 6.07) is 4.70. The van der Waals surface area contributed by atoms with Crippen molar-refractivity contribution in [3.05, 3.63) is 47.8 Å². The first-order valence-corrected chi connectivity index (χ1v) is 10.4. The number of piperidine rings is 1. The van der Waals surface area contributed by atoms with Crippen LogP contribution in [-0.2, 0) is 24.4 Å². The Morgan fingerprint density at radius 2 is 2.10 bits per heavy atom. The van der Waals surface area contributed by atoms with Crippen LogP contribution in [0.1, 0.15) is 37.6 Å². The number of aromatic nitrogens is 2. The van der Waals surface area contributed by atoms with Gasteiger partial charge in [-0.2, -0.15) is 0 Å². The van der Waals surface area contributed by atoms with Crippen LogP contribution in [0.4, 0.5) is 4.39 Å². The second-order valence-corrected chi connectivity index (χ2v) is 8.16. The van der Waals surface area contributed by atoms with Crippen LogP contribution in [0, 0.1) is 11.2 Å². The van der Waals surface area contributed by atoms with Crippen molar-refractivity contribution >= 4 is 5.91 Å². The zero-order chi connectivity index (χ0) is 20.4. The molecule has 0 N–H and O–H groups in total. The van der Waals surface area contributed by atoms with Gasteiger partial charge in [0.2, 0.25) is 5.91 Å². The Kier molecular flexibility index (Phi) is 5.58. The lowest BCUT2D eigenvalue weighted by Gasteiger charge is -2.39. The molecule has 156 valence electrons. The number of carbonyl (C=O) groups is 1. The molecule has 1 aromatic heterocycles. The molecule has 1 aromatic carbocycles. The highest BCUT2D eigenvalue weighted by Gasteiger charge is 2.48. The summed E-state index contributed by atoms with van der Waals surface area (Å²) in [4.78, 5) is 22.1. The Hall–Kier alpha value is -2.41. The maximum atomic E-state index is 14.3. The van der Waals surface area contributed by atoms with E-state index in [1.807, 2.05) is 17.3 Å². The Bertz CT molecular complexity index is 883. The van der Waals surface area contributed by atoms with E-state index in [1.165, 1.54) is 6.07 Å². The standard InChI is InChI=1S/C22H29FN4O2/c1-3-26-12-9-24-20(26)15-25-11-8-22(16-25)7-4-10-27(21(22)28)14-17-13-18(29-2)5-6-19(17)23/h5-6,9,12-13H,3-4,7-8,10-11,14-16H2,1-2H3. The van der Waals surface area contributed by atoms with Crippen molar-refractivity contribution in [1.82, 2.24) is 19.4 Å². The van der Waals surface area contributed by atoms with Crippen LogP contribution in [0.2, 0.25) is 0 Å². The Morgan fingerprint density at radius 3 is 2.90 bits per heavy atom. The van der Waals surface area contributed by atoms with Crippen molar-refractivity contribution in [2.45, 2.75) is 45.8 Å². The molecular weight excluding hydrogens is 371 g/mol. The topological polar surface area (TPSA) is 50.6 Å². The summed E-state index contributed by atoms with van der Waals surface area (Å²) in [5.41, 5.74) is 0.159. The van der Waals surface area contributed by atoms with Gasteiger partial charge in [0.05, 0.1) is 19.1 Å². The van der Waals surface area contributed by atoms with Gasteiger partial charge >= 0.3 is 0 Å². The number of aryl methyl sites for hydroxylation is 1. The van der Waals surface area contributed by atoms with Gasteiger partial charge in [-0.05, 0) is 50.9 Å². The van der Waals surface area contributed by atoms with Crippen molar-refractivity contribution in [2.24, 2.45) is 5.41 Å². The fourth-order valence-corrected chi connectivity index (χ4v) is 4.76. The predicted octanol–water partition coefficient (Wildman–Crippen LogP) is 3.07. The summed E-state index contributed by atoms with van der Waals surface area (Å²) >= 11 is 0. The molecule has 3 heterocycles. The van der Waals surface area contributed by atoms with E-state index in [2.05, 4.69) is 21.4 Å². The van der Waals surface area contributed by atoms with Gasteiger partial charge in [0.1, 0.15) is 17.4 Å². The van der Waals surface area contributed by atoms with Crippen molar-refractivity contribution in [2.75, 3.05) is 26.7 Å². The first-order chi connectivity index (χ1) is 14.0. The predicted molar refractivity (Wildman–Crippen MR) is 108 cm³/mol. The minimum absolute atomic E-state index is 0.160. The molecule has 0 aliphatic carbocycles. The number of halogens is 1. The van der Waals surface area contributed by atoms with Crippen molar-refractivity contribution in [3.8, 4) is 5.75 Å². The number of nitrogens with zero attached hydrogens (tertiary/aromatic N) is 4. The zero-order valence-corrected chi connectivity index (χ0v) is 17.2. The third-order valence-corrected chi connectivity index (χ3v) is 6.38. The molecular formula is C22H29FN4O2. The number of rotatable bonds is 6. The second-order valence-electron chi connectivity index (χ2n) is 8.16. The maximum absolute atomic E-state index is 14.3. The van der Waals surface area contributed by atoms with E-state index in [4.69, 9.17) is 4.74 Å². The average molecular weight is 400 g/mol. The first kappa shape index (κ1) is 19.9. The van der Waals surface area contributed by atoms with Crippen molar-refractivity contribution < 1.29 is 13.9 Å². The van der Waals surface area contributed by atoms with Gasteiger partial charge in [-0.25, -0.2) is 9.37 Å². The fraction of sp³-hybridized carbons (Fsp3) is 0.545. The maximum Gasteiger partial charge on any atom is 0.230 e. The Labute approximate surface area is 171 Å². The quantitative estimate of drug-likeness (QED) is 0.748. The minimum atomic E-state index is -0.350. The molecule has 0 bridgehead atoms. The number of benzene rings is 1.